The zero-order valence-electron chi connectivity index (χ0n) is 17.3. The van der Waals surface area contributed by atoms with Crippen LogP contribution in [0.4, 0.5) is 0 Å². The van der Waals surface area contributed by atoms with Gasteiger partial charge in [0.1, 0.15) is 0 Å². The first-order valence-corrected chi connectivity index (χ1v) is 11.0. The molecule has 0 radical (unpaired) electrons. The molecule has 2 aliphatic rings. The van der Waals surface area contributed by atoms with Crippen LogP contribution in [0.3, 0.4) is 0 Å². The molecular formula is C24H31ClN2O2. The Morgan fingerprint density at radius 2 is 2.07 bits per heavy atom. The van der Waals surface area contributed by atoms with Crippen LogP contribution < -0.4 is 5.32 Å². The van der Waals surface area contributed by atoms with E-state index in [1.807, 2.05) is 36.1 Å². The first-order chi connectivity index (χ1) is 14.0. The van der Waals surface area contributed by atoms with Gasteiger partial charge in [-0.05, 0) is 55.0 Å². The fourth-order valence-electron chi connectivity index (χ4n) is 4.51. The molecule has 3 rings (SSSR count). The van der Waals surface area contributed by atoms with Gasteiger partial charge in [0.15, 0.2) is 0 Å². The SMILES string of the molecule is C=C/C=C(/CCNC(=O)C1CC(=O)N(C2CCCCC2)C1)c1cc(Cl)ccc1C. The Morgan fingerprint density at radius 3 is 2.79 bits per heavy atom. The quantitative estimate of drug-likeness (QED) is 0.644. The second-order valence-corrected chi connectivity index (χ2v) is 8.60. The highest BCUT2D eigenvalue weighted by Crippen LogP contribution is 2.29. The molecule has 1 saturated heterocycles. The summed E-state index contributed by atoms with van der Waals surface area (Å²) in [6.07, 6.45) is 10.5. The Bertz CT molecular complexity index is 796. The number of benzene rings is 1. The molecule has 2 fully saturated rings. The van der Waals surface area contributed by atoms with E-state index >= 15 is 0 Å². The van der Waals surface area contributed by atoms with E-state index in [1.165, 1.54) is 19.3 Å². The summed E-state index contributed by atoms with van der Waals surface area (Å²) < 4.78 is 0. The fraction of sp³-hybridized carbons (Fsp3) is 0.500. The van der Waals surface area contributed by atoms with E-state index in [0.717, 1.165) is 29.5 Å². The molecule has 29 heavy (non-hydrogen) atoms. The number of allylic oxidation sites excluding steroid dienone is 2. The number of halogens is 1. The van der Waals surface area contributed by atoms with Gasteiger partial charge in [0, 0.05) is 30.6 Å². The molecule has 4 nitrogen and oxygen atoms in total. The Labute approximate surface area is 179 Å². The van der Waals surface area contributed by atoms with Crippen LogP contribution in [0.15, 0.2) is 36.9 Å². The Morgan fingerprint density at radius 1 is 1.31 bits per heavy atom. The summed E-state index contributed by atoms with van der Waals surface area (Å²) >= 11 is 6.16. The second kappa shape index (κ2) is 10.1. The topological polar surface area (TPSA) is 49.4 Å². The third-order valence-corrected chi connectivity index (χ3v) is 6.34. The van der Waals surface area contributed by atoms with Crippen molar-refractivity contribution in [2.75, 3.05) is 13.1 Å². The number of hydrogen-bond donors (Lipinski definition) is 1. The van der Waals surface area contributed by atoms with Crippen LogP contribution in [-0.4, -0.2) is 35.8 Å². The summed E-state index contributed by atoms with van der Waals surface area (Å²) in [5, 5.41) is 3.73. The van der Waals surface area contributed by atoms with Crippen LogP contribution in [0.25, 0.3) is 5.57 Å². The molecule has 156 valence electrons. The minimum Gasteiger partial charge on any atom is -0.355 e. The van der Waals surface area contributed by atoms with E-state index in [1.54, 1.807) is 6.08 Å². The smallest absolute Gasteiger partial charge is 0.225 e. The van der Waals surface area contributed by atoms with Crippen molar-refractivity contribution in [2.24, 2.45) is 5.92 Å². The van der Waals surface area contributed by atoms with Gasteiger partial charge < -0.3 is 10.2 Å². The van der Waals surface area contributed by atoms with Crippen molar-refractivity contribution in [3.63, 3.8) is 0 Å². The second-order valence-electron chi connectivity index (χ2n) is 8.17. The van der Waals surface area contributed by atoms with Crippen LogP contribution in [0.2, 0.25) is 5.02 Å². The maximum Gasteiger partial charge on any atom is 0.225 e. The van der Waals surface area contributed by atoms with Gasteiger partial charge in [-0.15, -0.1) is 0 Å². The molecule has 1 aromatic rings. The van der Waals surface area contributed by atoms with Gasteiger partial charge in [-0.2, -0.15) is 0 Å². The first kappa shape index (κ1) is 21.6. The average Bonchev–Trinajstić information content (AvgIpc) is 3.11. The fourth-order valence-corrected chi connectivity index (χ4v) is 4.68. The third kappa shape index (κ3) is 5.51. The van der Waals surface area contributed by atoms with Crippen LogP contribution in [-0.2, 0) is 9.59 Å². The Hall–Kier alpha value is -2.07. The average molecular weight is 415 g/mol. The molecule has 1 aliphatic carbocycles. The summed E-state index contributed by atoms with van der Waals surface area (Å²) in [6, 6.07) is 6.16. The van der Waals surface area contributed by atoms with Crippen molar-refractivity contribution in [2.45, 2.75) is 57.9 Å². The molecule has 0 aromatic heterocycles. The molecule has 1 heterocycles. The first-order valence-electron chi connectivity index (χ1n) is 10.6. The maximum atomic E-state index is 12.7. The summed E-state index contributed by atoms with van der Waals surface area (Å²) in [4.78, 5) is 27.0. The van der Waals surface area contributed by atoms with Gasteiger partial charge in [0.2, 0.25) is 11.8 Å². The number of carbonyl (C=O) groups is 2. The molecule has 1 N–H and O–H groups in total. The molecule has 1 saturated carbocycles. The van der Waals surface area contributed by atoms with E-state index in [9.17, 15) is 9.59 Å². The highest BCUT2D eigenvalue weighted by Gasteiger charge is 2.37. The predicted molar refractivity (Wildman–Crippen MR) is 119 cm³/mol. The van der Waals surface area contributed by atoms with Gasteiger partial charge in [0.25, 0.3) is 0 Å². The number of hydrogen-bond acceptors (Lipinski definition) is 2. The molecule has 1 aromatic carbocycles. The zero-order valence-corrected chi connectivity index (χ0v) is 18.0. The predicted octanol–water partition coefficient (Wildman–Crippen LogP) is 4.91. The summed E-state index contributed by atoms with van der Waals surface area (Å²) in [5.74, 6) is -0.111. The van der Waals surface area contributed by atoms with Gasteiger partial charge in [-0.25, -0.2) is 0 Å². The summed E-state index contributed by atoms with van der Waals surface area (Å²) in [7, 11) is 0. The van der Waals surface area contributed by atoms with Gasteiger partial charge >= 0.3 is 0 Å². The minimum atomic E-state index is -0.232. The van der Waals surface area contributed by atoms with Crippen molar-refractivity contribution in [3.8, 4) is 0 Å². The lowest BCUT2D eigenvalue weighted by Gasteiger charge is -2.31. The van der Waals surface area contributed by atoms with Crippen LogP contribution >= 0.6 is 11.6 Å². The number of carbonyl (C=O) groups excluding carboxylic acids is 2. The lowest BCUT2D eigenvalue weighted by atomic mass is 9.94. The van der Waals surface area contributed by atoms with Crippen LogP contribution in [0.1, 0.15) is 56.1 Å². The van der Waals surface area contributed by atoms with Crippen molar-refractivity contribution in [3.05, 3.63) is 53.1 Å². The molecule has 1 unspecified atom stereocenters. The van der Waals surface area contributed by atoms with E-state index in [4.69, 9.17) is 11.6 Å². The number of amides is 2. The van der Waals surface area contributed by atoms with Crippen LogP contribution in [0, 0.1) is 12.8 Å². The largest absolute Gasteiger partial charge is 0.355 e. The van der Waals surface area contributed by atoms with Crippen LogP contribution in [0.5, 0.6) is 0 Å². The lowest BCUT2D eigenvalue weighted by Crippen LogP contribution is -2.39. The van der Waals surface area contributed by atoms with Crippen molar-refractivity contribution in [1.82, 2.24) is 10.2 Å². The Kier molecular flexibility index (Phi) is 7.54. The number of aryl methyl sites for hydroxylation is 1. The zero-order chi connectivity index (χ0) is 20.8. The van der Waals surface area contributed by atoms with E-state index in [-0.39, 0.29) is 17.7 Å². The Balaban J connectivity index is 1.54. The molecule has 2 amide bonds. The van der Waals surface area contributed by atoms with E-state index in [2.05, 4.69) is 11.9 Å². The maximum absolute atomic E-state index is 12.7. The van der Waals surface area contributed by atoms with Gasteiger partial charge in [-0.1, -0.05) is 55.7 Å². The molecule has 1 aliphatic heterocycles. The number of nitrogens with one attached hydrogen (secondary N) is 1. The molecule has 0 bridgehead atoms. The molecular weight excluding hydrogens is 384 g/mol. The highest BCUT2D eigenvalue weighted by molar-refractivity contribution is 6.30. The molecule has 0 spiro atoms. The summed E-state index contributed by atoms with van der Waals surface area (Å²) in [5.41, 5.74) is 3.30. The van der Waals surface area contributed by atoms with E-state index < -0.39 is 0 Å². The number of rotatable bonds is 7. The number of likely N-dealkylation sites (tertiary alicyclic amines) is 1. The lowest BCUT2D eigenvalue weighted by molar-refractivity contribution is -0.130. The highest BCUT2D eigenvalue weighted by atomic mass is 35.5. The monoisotopic (exact) mass is 414 g/mol. The summed E-state index contributed by atoms with van der Waals surface area (Å²) in [6.45, 7) is 6.95. The minimum absolute atomic E-state index is 0.0163. The van der Waals surface area contributed by atoms with Gasteiger partial charge in [-0.3, -0.25) is 9.59 Å². The van der Waals surface area contributed by atoms with Gasteiger partial charge in [0.05, 0.1) is 5.92 Å². The van der Waals surface area contributed by atoms with E-state index in [0.29, 0.717) is 37.0 Å². The molecule has 1 atom stereocenters. The van der Waals surface area contributed by atoms with Crippen molar-refractivity contribution in [1.29, 1.82) is 0 Å². The normalized spacial score (nSPS) is 20.8. The third-order valence-electron chi connectivity index (χ3n) is 6.10. The van der Waals surface area contributed by atoms with Crippen molar-refractivity contribution >= 4 is 29.0 Å². The number of nitrogens with zero attached hydrogens (tertiary/aromatic N) is 1. The van der Waals surface area contributed by atoms with Crippen molar-refractivity contribution < 1.29 is 9.59 Å². The molecule has 5 heteroatoms. The standard InChI is InChI=1S/C24H31ClN2O2/c1-3-7-18(22-15-20(25)11-10-17(22)2)12-13-26-24(29)19-14-23(28)27(16-19)21-8-5-4-6-9-21/h3,7,10-11,15,19,21H,1,4-6,8-9,12-14,16H2,2H3,(H,26,29)/b18-7-.